The number of rotatable bonds is 6. The van der Waals surface area contributed by atoms with Crippen molar-refractivity contribution < 1.29 is 9.47 Å². The standard InChI is InChI=1S/C16H17ClO2/c1-13-8-9-14(17)12-16(13)19-11-5-10-18-15-6-3-2-4-7-15/h2-4,6-9,12H,5,10-11H2,1H3. The van der Waals surface area contributed by atoms with Crippen LogP contribution in [0.3, 0.4) is 0 Å². The molecule has 0 N–H and O–H groups in total. The van der Waals surface area contributed by atoms with Crippen LogP contribution < -0.4 is 9.47 Å². The van der Waals surface area contributed by atoms with E-state index in [1.165, 1.54) is 0 Å². The lowest BCUT2D eigenvalue weighted by molar-refractivity contribution is 0.246. The third-order valence-corrected chi connectivity index (χ3v) is 2.94. The Morgan fingerprint density at radius 1 is 0.947 bits per heavy atom. The van der Waals surface area contributed by atoms with E-state index in [1.807, 2.05) is 55.5 Å². The van der Waals surface area contributed by atoms with Crippen LogP contribution >= 0.6 is 11.6 Å². The monoisotopic (exact) mass is 276 g/mol. The summed E-state index contributed by atoms with van der Waals surface area (Å²) in [5, 5.41) is 0.695. The zero-order chi connectivity index (χ0) is 13.5. The van der Waals surface area contributed by atoms with Crippen LogP contribution in [0.25, 0.3) is 0 Å². The molecule has 0 saturated carbocycles. The summed E-state index contributed by atoms with van der Waals surface area (Å²) in [7, 11) is 0. The van der Waals surface area contributed by atoms with Gasteiger partial charge in [-0.05, 0) is 36.8 Å². The third kappa shape index (κ3) is 4.49. The summed E-state index contributed by atoms with van der Waals surface area (Å²) in [5.41, 5.74) is 1.09. The van der Waals surface area contributed by atoms with Gasteiger partial charge >= 0.3 is 0 Å². The van der Waals surface area contributed by atoms with Crippen LogP contribution in [0.15, 0.2) is 48.5 Å². The summed E-state index contributed by atoms with van der Waals surface area (Å²) in [6.07, 6.45) is 0.834. The molecule has 0 amide bonds. The highest BCUT2D eigenvalue weighted by molar-refractivity contribution is 6.30. The third-order valence-electron chi connectivity index (χ3n) is 2.71. The van der Waals surface area contributed by atoms with Crippen molar-refractivity contribution in [2.45, 2.75) is 13.3 Å². The van der Waals surface area contributed by atoms with Crippen molar-refractivity contribution in [3.8, 4) is 11.5 Å². The summed E-state index contributed by atoms with van der Waals surface area (Å²) < 4.78 is 11.3. The van der Waals surface area contributed by atoms with Crippen molar-refractivity contribution in [1.82, 2.24) is 0 Å². The van der Waals surface area contributed by atoms with Gasteiger partial charge in [-0.25, -0.2) is 0 Å². The highest BCUT2D eigenvalue weighted by Gasteiger charge is 2.00. The lowest BCUT2D eigenvalue weighted by Gasteiger charge is -2.10. The fourth-order valence-corrected chi connectivity index (χ4v) is 1.84. The summed E-state index contributed by atoms with van der Waals surface area (Å²) in [5.74, 6) is 1.73. The van der Waals surface area contributed by atoms with Gasteiger partial charge < -0.3 is 9.47 Å². The molecule has 0 aliphatic carbocycles. The Labute approximate surface area is 118 Å². The predicted molar refractivity (Wildman–Crippen MR) is 78.2 cm³/mol. The molecule has 0 fully saturated rings. The van der Waals surface area contributed by atoms with Crippen LogP contribution in [0.4, 0.5) is 0 Å². The van der Waals surface area contributed by atoms with Crippen molar-refractivity contribution >= 4 is 11.6 Å². The smallest absolute Gasteiger partial charge is 0.123 e. The van der Waals surface area contributed by atoms with E-state index in [-0.39, 0.29) is 0 Å². The lowest BCUT2D eigenvalue weighted by Crippen LogP contribution is -2.05. The van der Waals surface area contributed by atoms with E-state index in [4.69, 9.17) is 21.1 Å². The average Bonchev–Trinajstić information content (AvgIpc) is 2.43. The first-order valence-electron chi connectivity index (χ1n) is 6.32. The highest BCUT2D eigenvalue weighted by Crippen LogP contribution is 2.22. The first-order valence-corrected chi connectivity index (χ1v) is 6.70. The molecule has 19 heavy (non-hydrogen) atoms. The Morgan fingerprint density at radius 2 is 1.68 bits per heavy atom. The minimum Gasteiger partial charge on any atom is -0.493 e. The van der Waals surface area contributed by atoms with E-state index in [0.717, 1.165) is 23.5 Å². The van der Waals surface area contributed by atoms with Crippen LogP contribution in [0.1, 0.15) is 12.0 Å². The van der Waals surface area contributed by atoms with E-state index in [0.29, 0.717) is 18.2 Å². The van der Waals surface area contributed by atoms with Gasteiger partial charge in [0, 0.05) is 11.4 Å². The molecule has 0 unspecified atom stereocenters. The van der Waals surface area contributed by atoms with Gasteiger partial charge in [0.1, 0.15) is 11.5 Å². The van der Waals surface area contributed by atoms with Crippen molar-refractivity contribution in [2.24, 2.45) is 0 Å². The van der Waals surface area contributed by atoms with Crippen molar-refractivity contribution in [1.29, 1.82) is 0 Å². The topological polar surface area (TPSA) is 18.5 Å². The number of hydrogen-bond donors (Lipinski definition) is 0. The van der Waals surface area contributed by atoms with Crippen molar-refractivity contribution in [2.75, 3.05) is 13.2 Å². The second-order valence-corrected chi connectivity index (χ2v) is 4.71. The molecule has 100 valence electrons. The van der Waals surface area contributed by atoms with Crippen LogP contribution in [0, 0.1) is 6.92 Å². The first-order chi connectivity index (χ1) is 9.25. The number of para-hydroxylation sites is 1. The molecule has 0 bridgehead atoms. The van der Waals surface area contributed by atoms with Gasteiger partial charge in [-0.1, -0.05) is 35.9 Å². The van der Waals surface area contributed by atoms with Gasteiger partial charge in [0.15, 0.2) is 0 Å². The molecule has 2 aromatic carbocycles. The number of ether oxygens (including phenoxy) is 2. The molecular weight excluding hydrogens is 260 g/mol. The normalized spacial score (nSPS) is 10.2. The number of benzene rings is 2. The second-order valence-electron chi connectivity index (χ2n) is 4.27. The van der Waals surface area contributed by atoms with Crippen LogP contribution in [-0.2, 0) is 0 Å². The van der Waals surface area contributed by atoms with Gasteiger partial charge in [-0.2, -0.15) is 0 Å². The predicted octanol–water partition coefficient (Wildman–Crippen LogP) is 4.50. The first kappa shape index (κ1) is 13.8. The molecule has 0 aliphatic rings. The fourth-order valence-electron chi connectivity index (χ4n) is 1.68. The summed E-state index contributed by atoms with van der Waals surface area (Å²) >= 11 is 5.93. The maximum atomic E-state index is 5.93. The fraction of sp³-hybridized carbons (Fsp3) is 0.250. The van der Waals surface area contributed by atoms with E-state index in [9.17, 15) is 0 Å². The highest BCUT2D eigenvalue weighted by atomic mass is 35.5. The molecule has 0 saturated heterocycles. The second kappa shape index (κ2) is 7.05. The van der Waals surface area contributed by atoms with Gasteiger partial charge in [0.05, 0.1) is 13.2 Å². The van der Waals surface area contributed by atoms with Crippen molar-refractivity contribution in [3.63, 3.8) is 0 Å². The summed E-state index contributed by atoms with van der Waals surface area (Å²) in [6.45, 7) is 3.27. The van der Waals surface area contributed by atoms with E-state index < -0.39 is 0 Å². The summed E-state index contributed by atoms with van der Waals surface area (Å²) in [4.78, 5) is 0. The average molecular weight is 277 g/mol. The zero-order valence-corrected chi connectivity index (χ0v) is 11.7. The molecule has 0 aromatic heterocycles. The Morgan fingerprint density at radius 3 is 2.47 bits per heavy atom. The quantitative estimate of drug-likeness (QED) is 0.724. The van der Waals surface area contributed by atoms with E-state index in [2.05, 4.69) is 0 Å². The lowest BCUT2D eigenvalue weighted by atomic mass is 10.2. The number of hydrogen-bond acceptors (Lipinski definition) is 2. The zero-order valence-electron chi connectivity index (χ0n) is 10.9. The maximum Gasteiger partial charge on any atom is 0.123 e. The molecule has 0 aliphatic heterocycles. The molecule has 0 radical (unpaired) electrons. The molecule has 0 atom stereocenters. The molecule has 0 spiro atoms. The molecule has 2 rings (SSSR count). The Balaban J connectivity index is 1.71. The minimum atomic E-state index is 0.619. The largest absolute Gasteiger partial charge is 0.493 e. The van der Waals surface area contributed by atoms with Gasteiger partial charge in [-0.3, -0.25) is 0 Å². The number of halogens is 1. The maximum absolute atomic E-state index is 5.93. The summed E-state index contributed by atoms with van der Waals surface area (Å²) in [6, 6.07) is 15.4. The van der Waals surface area contributed by atoms with Crippen LogP contribution in [0.5, 0.6) is 11.5 Å². The molecule has 3 heteroatoms. The van der Waals surface area contributed by atoms with Gasteiger partial charge in [-0.15, -0.1) is 0 Å². The van der Waals surface area contributed by atoms with Crippen LogP contribution in [-0.4, -0.2) is 13.2 Å². The Bertz CT molecular complexity index is 511. The van der Waals surface area contributed by atoms with Crippen LogP contribution in [0.2, 0.25) is 5.02 Å². The Hall–Kier alpha value is -1.67. The minimum absolute atomic E-state index is 0.619. The molecular formula is C16H17ClO2. The molecule has 0 heterocycles. The molecule has 2 aromatic rings. The molecule has 2 nitrogen and oxygen atoms in total. The van der Waals surface area contributed by atoms with Gasteiger partial charge in [0.25, 0.3) is 0 Å². The van der Waals surface area contributed by atoms with E-state index in [1.54, 1.807) is 0 Å². The van der Waals surface area contributed by atoms with E-state index >= 15 is 0 Å². The van der Waals surface area contributed by atoms with Crippen molar-refractivity contribution in [3.05, 3.63) is 59.1 Å². The van der Waals surface area contributed by atoms with Gasteiger partial charge in [0.2, 0.25) is 0 Å². The number of aryl methyl sites for hydroxylation is 1. The SMILES string of the molecule is Cc1ccc(Cl)cc1OCCCOc1ccccc1. The Kier molecular flexibility index (Phi) is 5.10.